The molecule has 3 aromatic heterocycles. The second kappa shape index (κ2) is 11.1. The van der Waals surface area contributed by atoms with E-state index in [1.807, 2.05) is 61.5 Å². The van der Waals surface area contributed by atoms with Crippen LogP contribution in [0.2, 0.25) is 0 Å². The number of benzene rings is 2. The van der Waals surface area contributed by atoms with Gasteiger partial charge in [0, 0.05) is 28.9 Å². The number of aromatic nitrogens is 4. The molecule has 3 heterocycles. The molecule has 9 nitrogen and oxygen atoms in total. The third-order valence-electron chi connectivity index (χ3n) is 5.99. The summed E-state index contributed by atoms with van der Waals surface area (Å²) in [4.78, 5) is 29.8. The smallest absolute Gasteiger partial charge is 0.339 e. The molecule has 0 radical (unpaired) electrons. The Balaban J connectivity index is 1.53. The zero-order chi connectivity index (χ0) is 26.5. The van der Waals surface area contributed by atoms with Crippen LogP contribution in [0.15, 0.2) is 72.9 Å². The van der Waals surface area contributed by atoms with Crippen molar-refractivity contribution >= 4 is 22.6 Å². The molecule has 5 aromatic rings. The van der Waals surface area contributed by atoms with Gasteiger partial charge in [0.05, 0.1) is 48.0 Å². The van der Waals surface area contributed by atoms with Gasteiger partial charge in [0.1, 0.15) is 18.2 Å². The van der Waals surface area contributed by atoms with Crippen LogP contribution in [-0.2, 0) is 11.3 Å². The van der Waals surface area contributed by atoms with E-state index >= 15 is 0 Å². The Labute approximate surface area is 220 Å². The zero-order valence-corrected chi connectivity index (χ0v) is 21.2. The number of nitrogens with one attached hydrogen (secondary N) is 2. The van der Waals surface area contributed by atoms with Gasteiger partial charge in [0.15, 0.2) is 0 Å². The highest BCUT2D eigenvalue weighted by Gasteiger charge is 2.17. The Hall–Kier alpha value is -4.76. The SMILES string of the molecule is COC(=O)c1ccccc1NCc1nc(-c2ccc3ncc(OCCN)cc3c2)c(-c2cccc(C)n2)[nH]1. The lowest BCUT2D eigenvalue weighted by atomic mass is 10.1. The number of rotatable bonds is 9. The molecular formula is C29H28N6O3. The summed E-state index contributed by atoms with van der Waals surface area (Å²) in [7, 11) is 1.37. The maximum Gasteiger partial charge on any atom is 0.339 e. The molecule has 38 heavy (non-hydrogen) atoms. The van der Waals surface area contributed by atoms with Crippen LogP contribution in [0.1, 0.15) is 21.9 Å². The number of aryl methyl sites for hydroxylation is 1. The molecule has 0 aliphatic carbocycles. The summed E-state index contributed by atoms with van der Waals surface area (Å²) in [5.74, 6) is 0.950. The Morgan fingerprint density at radius 3 is 2.74 bits per heavy atom. The van der Waals surface area contributed by atoms with Crippen molar-refractivity contribution in [2.24, 2.45) is 5.73 Å². The van der Waals surface area contributed by atoms with Gasteiger partial charge in [-0.3, -0.25) is 9.97 Å². The van der Waals surface area contributed by atoms with Crippen molar-refractivity contribution in [3.63, 3.8) is 0 Å². The van der Waals surface area contributed by atoms with Crippen molar-refractivity contribution in [1.82, 2.24) is 19.9 Å². The molecule has 0 spiro atoms. The highest BCUT2D eigenvalue weighted by atomic mass is 16.5. The van der Waals surface area contributed by atoms with E-state index in [1.165, 1.54) is 7.11 Å². The van der Waals surface area contributed by atoms with Crippen LogP contribution in [0.3, 0.4) is 0 Å². The molecule has 0 saturated carbocycles. The van der Waals surface area contributed by atoms with E-state index in [9.17, 15) is 4.79 Å². The fourth-order valence-corrected chi connectivity index (χ4v) is 4.20. The number of esters is 1. The molecule has 9 heteroatoms. The summed E-state index contributed by atoms with van der Waals surface area (Å²) in [5.41, 5.74) is 11.7. The van der Waals surface area contributed by atoms with Crippen molar-refractivity contribution in [2.45, 2.75) is 13.5 Å². The summed E-state index contributed by atoms with van der Waals surface area (Å²) in [6.07, 6.45) is 1.70. The summed E-state index contributed by atoms with van der Waals surface area (Å²) in [5, 5.41) is 4.23. The number of carbonyl (C=O) groups is 1. The molecule has 0 atom stereocenters. The third kappa shape index (κ3) is 5.33. The van der Waals surface area contributed by atoms with Gasteiger partial charge in [-0.1, -0.05) is 24.3 Å². The Morgan fingerprint density at radius 1 is 1.05 bits per heavy atom. The lowest BCUT2D eigenvalue weighted by Crippen LogP contribution is -2.10. The summed E-state index contributed by atoms with van der Waals surface area (Å²) >= 11 is 0. The first-order chi connectivity index (χ1) is 18.6. The van der Waals surface area contributed by atoms with Crippen LogP contribution < -0.4 is 15.8 Å². The van der Waals surface area contributed by atoms with Gasteiger partial charge in [0.25, 0.3) is 0 Å². The number of aromatic amines is 1. The van der Waals surface area contributed by atoms with E-state index in [0.29, 0.717) is 42.5 Å². The van der Waals surface area contributed by atoms with Crippen molar-refractivity contribution in [2.75, 3.05) is 25.6 Å². The second-order valence-corrected chi connectivity index (χ2v) is 8.68. The van der Waals surface area contributed by atoms with E-state index < -0.39 is 5.97 Å². The second-order valence-electron chi connectivity index (χ2n) is 8.68. The average Bonchev–Trinajstić information content (AvgIpc) is 3.38. The average molecular weight is 509 g/mol. The normalized spacial score (nSPS) is 10.9. The minimum Gasteiger partial charge on any atom is -0.491 e. The predicted molar refractivity (Wildman–Crippen MR) is 147 cm³/mol. The van der Waals surface area contributed by atoms with Crippen LogP contribution in [-0.4, -0.2) is 46.2 Å². The van der Waals surface area contributed by atoms with Gasteiger partial charge in [-0.05, 0) is 49.4 Å². The topological polar surface area (TPSA) is 128 Å². The van der Waals surface area contributed by atoms with E-state index in [-0.39, 0.29) is 0 Å². The van der Waals surface area contributed by atoms with Crippen molar-refractivity contribution in [1.29, 1.82) is 0 Å². The molecular weight excluding hydrogens is 480 g/mol. The number of H-pyrrole nitrogens is 1. The van der Waals surface area contributed by atoms with Gasteiger partial charge < -0.3 is 25.5 Å². The summed E-state index contributed by atoms with van der Waals surface area (Å²) < 4.78 is 10.6. The maximum atomic E-state index is 12.2. The zero-order valence-electron chi connectivity index (χ0n) is 21.2. The first-order valence-electron chi connectivity index (χ1n) is 12.2. The molecule has 4 N–H and O–H groups in total. The van der Waals surface area contributed by atoms with Crippen LogP contribution in [0.5, 0.6) is 5.75 Å². The maximum absolute atomic E-state index is 12.2. The van der Waals surface area contributed by atoms with Crippen molar-refractivity contribution in [3.05, 3.63) is 90.0 Å². The number of ether oxygens (including phenoxy) is 2. The fraction of sp³-hybridized carbons (Fsp3) is 0.172. The molecule has 0 fully saturated rings. The Morgan fingerprint density at radius 2 is 1.92 bits per heavy atom. The predicted octanol–water partition coefficient (Wildman–Crippen LogP) is 4.73. The number of methoxy groups -OCH3 is 1. The molecule has 0 amide bonds. The van der Waals surface area contributed by atoms with Gasteiger partial charge in [-0.15, -0.1) is 0 Å². The van der Waals surface area contributed by atoms with Crippen molar-refractivity contribution < 1.29 is 14.3 Å². The first-order valence-corrected chi connectivity index (χ1v) is 12.2. The van der Waals surface area contributed by atoms with Gasteiger partial charge in [0.2, 0.25) is 0 Å². The lowest BCUT2D eigenvalue weighted by molar-refractivity contribution is 0.0602. The number of fused-ring (bicyclic) bond motifs is 1. The van der Waals surface area contributed by atoms with E-state index in [0.717, 1.165) is 39.2 Å². The Kier molecular flexibility index (Phi) is 7.28. The molecule has 0 bridgehead atoms. The van der Waals surface area contributed by atoms with Crippen molar-refractivity contribution in [3.8, 4) is 28.4 Å². The summed E-state index contributed by atoms with van der Waals surface area (Å²) in [6.45, 7) is 3.17. The number of anilines is 1. The largest absolute Gasteiger partial charge is 0.491 e. The quantitative estimate of drug-likeness (QED) is 0.244. The minimum absolute atomic E-state index is 0.360. The molecule has 0 aliphatic rings. The molecule has 0 aliphatic heterocycles. The molecule has 0 saturated heterocycles. The lowest BCUT2D eigenvalue weighted by Gasteiger charge is -2.09. The molecule has 0 unspecified atom stereocenters. The van der Waals surface area contributed by atoms with E-state index in [2.05, 4.69) is 15.3 Å². The number of nitrogens with zero attached hydrogens (tertiary/aromatic N) is 3. The summed E-state index contributed by atoms with van der Waals surface area (Å²) in [6, 6.07) is 21.0. The highest BCUT2D eigenvalue weighted by Crippen LogP contribution is 2.32. The molecule has 2 aromatic carbocycles. The van der Waals surface area contributed by atoms with Crippen LogP contribution in [0, 0.1) is 6.92 Å². The standard InChI is InChI=1S/C29H28N6O3/c1-18-6-5-9-25(33-18)28-27(19-10-11-23-20(14-19)15-21(16-31-23)38-13-12-30)34-26(35-28)17-32-24-8-4-3-7-22(24)29(36)37-2/h3-11,14-16,32H,12-13,17,30H2,1-2H3,(H,34,35). The third-order valence-corrected chi connectivity index (χ3v) is 5.99. The molecule has 5 rings (SSSR count). The minimum atomic E-state index is -0.405. The molecule has 192 valence electrons. The highest BCUT2D eigenvalue weighted by molar-refractivity contribution is 5.95. The van der Waals surface area contributed by atoms with E-state index in [1.54, 1.807) is 18.3 Å². The number of pyridine rings is 2. The number of imidazole rings is 1. The number of carbonyl (C=O) groups excluding carboxylic acids is 1. The van der Waals surface area contributed by atoms with Gasteiger partial charge in [-0.25, -0.2) is 9.78 Å². The fourth-order valence-electron chi connectivity index (χ4n) is 4.20. The number of hydrogen-bond donors (Lipinski definition) is 3. The van der Waals surface area contributed by atoms with Crippen LogP contribution in [0.4, 0.5) is 5.69 Å². The van der Waals surface area contributed by atoms with E-state index in [4.69, 9.17) is 25.2 Å². The van der Waals surface area contributed by atoms with Gasteiger partial charge >= 0.3 is 5.97 Å². The van der Waals surface area contributed by atoms with Crippen LogP contribution >= 0.6 is 0 Å². The first kappa shape index (κ1) is 24.9. The van der Waals surface area contributed by atoms with Gasteiger partial charge in [-0.2, -0.15) is 0 Å². The Bertz CT molecular complexity index is 1600. The number of para-hydroxylation sites is 1. The number of hydrogen-bond acceptors (Lipinski definition) is 8. The van der Waals surface area contributed by atoms with Crippen LogP contribution in [0.25, 0.3) is 33.5 Å². The number of nitrogens with two attached hydrogens (primary N) is 1. The monoisotopic (exact) mass is 508 g/mol.